The number of hydrogen-bond acceptors (Lipinski definition) is 2. The van der Waals surface area contributed by atoms with Crippen molar-refractivity contribution in [2.75, 3.05) is 13.1 Å². The van der Waals surface area contributed by atoms with Crippen LogP contribution >= 0.6 is 0 Å². The topological polar surface area (TPSA) is 21.3 Å². The molecule has 2 atom stereocenters. The van der Waals surface area contributed by atoms with Crippen molar-refractivity contribution in [3.63, 3.8) is 0 Å². The Morgan fingerprint density at radius 1 is 1.31 bits per heavy atom. The summed E-state index contributed by atoms with van der Waals surface area (Å²) in [6.45, 7) is 4.08. The van der Waals surface area contributed by atoms with Crippen LogP contribution in [0.5, 0.6) is 0 Å². The summed E-state index contributed by atoms with van der Waals surface area (Å²) in [4.78, 5) is 0. The summed E-state index contributed by atoms with van der Waals surface area (Å²) < 4.78 is 41.6. The van der Waals surface area contributed by atoms with E-state index in [1.165, 1.54) is 0 Å². The highest BCUT2D eigenvalue weighted by molar-refractivity contribution is 4.80. The van der Waals surface area contributed by atoms with Gasteiger partial charge in [-0.2, -0.15) is 13.2 Å². The van der Waals surface area contributed by atoms with Crippen LogP contribution in [0, 0.1) is 5.92 Å². The van der Waals surface area contributed by atoms with E-state index >= 15 is 0 Å². The van der Waals surface area contributed by atoms with Crippen LogP contribution in [0.2, 0.25) is 0 Å². The lowest BCUT2D eigenvalue weighted by Gasteiger charge is -2.33. The van der Waals surface area contributed by atoms with Gasteiger partial charge in [0.15, 0.2) is 6.10 Å². The molecule has 1 rings (SSSR count). The third-order valence-corrected chi connectivity index (χ3v) is 2.12. The van der Waals surface area contributed by atoms with Gasteiger partial charge in [-0.3, -0.25) is 0 Å². The Balaban J connectivity index is 2.52. The molecule has 0 aliphatic carbocycles. The minimum atomic E-state index is -4.25. The van der Waals surface area contributed by atoms with E-state index in [0.717, 1.165) is 0 Å². The molecular formula is C8H14F3NO. The molecule has 78 valence electrons. The molecular weight excluding hydrogens is 183 g/mol. The second kappa shape index (κ2) is 3.84. The molecule has 1 N–H and O–H groups in total. The fourth-order valence-corrected chi connectivity index (χ4v) is 1.25. The zero-order chi connectivity index (χ0) is 10.1. The molecule has 0 aromatic heterocycles. The van der Waals surface area contributed by atoms with Gasteiger partial charge in [0.2, 0.25) is 0 Å². The molecule has 0 spiro atoms. The van der Waals surface area contributed by atoms with Gasteiger partial charge in [0.25, 0.3) is 0 Å². The second-order valence-electron chi connectivity index (χ2n) is 3.61. The van der Waals surface area contributed by atoms with Gasteiger partial charge in [-0.15, -0.1) is 0 Å². The first-order chi connectivity index (χ1) is 5.91. The lowest BCUT2D eigenvalue weighted by atomic mass is 10.1. The standard InChI is InChI=1S/C8H14F3NO/c1-5(2)6-3-12-4-7(13-6)8(9,10)11/h5-7,12H,3-4H2,1-2H3/t6-,7-/m0/s1. The quantitative estimate of drug-likeness (QED) is 0.688. The van der Waals surface area contributed by atoms with Crippen LogP contribution in [0.1, 0.15) is 13.8 Å². The van der Waals surface area contributed by atoms with Gasteiger partial charge in [-0.25, -0.2) is 0 Å². The normalized spacial score (nSPS) is 30.9. The van der Waals surface area contributed by atoms with Crippen LogP contribution in [-0.2, 0) is 4.74 Å². The maximum absolute atomic E-state index is 12.2. The van der Waals surface area contributed by atoms with Crippen molar-refractivity contribution in [3.8, 4) is 0 Å². The number of alkyl halides is 3. The summed E-state index contributed by atoms with van der Waals surface area (Å²) in [6, 6.07) is 0. The van der Waals surface area contributed by atoms with Crippen LogP contribution < -0.4 is 5.32 Å². The van der Waals surface area contributed by atoms with E-state index in [4.69, 9.17) is 4.74 Å². The highest BCUT2D eigenvalue weighted by Crippen LogP contribution is 2.26. The van der Waals surface area contributed by atoms with Crippen LogP contribution in [-0.4, -0.2) is 31.5 Å². The predicted octanol–water partition coefficient (Wildman–Crippen LogP) is 1.56. The Bertz CT molecular complexity index is 169. The molecule has 1 aliphatic rings. The van der Waals surface area contributed by atoms with Crippen molar-refractivity contribution >= 4 is 0 Å². The fourth-order valence-electron chi connectivity index (χ4n) is 1.25. The zero-order valence-electron chi connectivity index (χ0n) is 7.69. The molecule has 1 heterocycles. The lowest BCUT2D eigenvalue weighted by molar-refractivity contribution is -0.243. The number of halogens is 3. The lowest BCUT2D eigenvalue weighted by Crippen LogP contribution is -2.52. The van der Waals surface area contributed by atoms with Gasteiger partial charge < -0.3 is 10.1 Å². The van der Waals surface area contributed by atoms with Gasteiger partial charge in [-0.05, 0) is 5.92 Å². The molecule has 0 saturated carbocycles. The molecule has 1 fully saturated rings. The molecule has 0 unspecified atom stereocenters. The van der Waals surface area contributed by atoms with E-state index < -0.39 is 12.3 Å². The van der Waals surface area contributed by atoms with Crippen molar-refractivity contribution in [1.29, 1.82) is 0 Å². The number of hydrogen-bond donors (Lipinski definition) is 1. The summed E-state index contributed by atoms with van der Waals surface area (Å²) in [7, 11) is 0. The molecule has 1 saturated heterocycles. The Morgan fingerprint density at radius 2 is 1.92 bits per heavy atom. The smallest absolute Gasteiger partial charge is 0.363 e. The Hall–Kier alpha value is -0.290. The average molecular weight is 197 g/mol. The first-order valence-electron chi connectivity index (χ1n) is 4.34. The molecule has 5 heteroatoms. The highest BCUT2D eigenvalue weighted by Gasteiger charge is 2.43. The largest absolute Gasteiger partial charge is 0.415 e. The summed E-state index contributed by atoms with van der Waals surface area (Å²) in [5.74, 6) is 0.109. The van der Waals surface area contributed by atoms with E-state index in [1.807, 2.05) is 13.8 Å². The highest BCUT2D eigenvalue weighted by atomic mass is 19.4. The van der Waals surface area contributed by atoms with Gasteiger partial charge in [-0.1, -0.05) is 13.8 Å². The first kappa shape index (κ1) is 10.8. The molecule has 1 aliphatic heterocycles. The van der Waals surface area contributed by atoms with Gasteiger partial charge in [0.1, 0.15) is 0 Å². The van der Waals surface area contributed by atoms with Crippen molar-refractivity contribution in [3.05, 3.63) is 0 Å². The average Bonchev–Trinajstić information content (AvgIpc) is 2.03. The first-order valence-corrected chi connectivity index (χ1v) is 4.34. The van der Waals surface area contributed by atoms with Gasteiger partial charge in [0.05, 0.1) is 6.10 Å². The third kappa shape index (κ3) is 2.84. The number of morpholine rings is 1. The maximum Gasteiger partial charge on any atom is 0.415 e. The second-order valence-corrected chi connectivity index (χ2v) is 3.61. The molecule has 13 heavy (non-hydrogen) atoms. The van der Waals surface area contributed by atoms with Crippen LogP contribution in [0.25, 0.3) is 0 Å². The monoisotopic (exact) mass is 197 g/mol. The molecule has 0 radical (unpaired) electrons. The molecule has 0 aromatic rings. The Morgan fingerprint density at radius 3 is 2.38 bits per heavy atom. The predicted molar refractivity (Wildman–Crippen MR) is 42.4 cm³/mol. The van der Waals surface area contributed by atoms with Gasteiger partial charge >= 0.3 is 6.18 Å². The zero-order valence-corrected chi connectivity index (χ0v) is 7.69. The van der Waals surface area contributed by atoms with Crippen LogP contribution in [0.4, 0.5) is 13.2 Å². The fraction of sp³-hybridized carbons (Fsp3) is 1.00. The van der Waals surface area contributed by atoms with Gasteiger partial charge in [0, 0.05) is 13.1 Å². The minimum absolute atomic E-state index is 0.109. The molecule has 0 amide bonds. The van der Waals surface area contributed by atoms with Crippen molar-refractivity contribution in [1.82, 2.24) is 5.32 Å². The summed E-state index contributed by atoms with van der Waals surface area (Å²) >= 11 is 0. The Kier molecular flexibility index (Phi) is 3.18. The van der Waals surface area contributed by atoms with Crippen LogP contribution in [0.15, 0.2) is 0 Å². The Labute approximate surface area is 75.4 Å². The summed E-state index contributed by atoms with van der Waals surface area (Å²) in [5.41, 5.74) is 0. The summed E-state index contributed by atoms with van der Waals surface area (Å²) in [6.07, 6.45) is -6.23. The maximum atomic E-state index is 12.2. The van der Waals surface area contributed by atoms with Crippen molar-refractivity contribution in [2.45, 2.75) is 32.2 Å². The molecule has 2 nitrogen and oxygen atoms in total. The van der Waals surface area contributed by atoms with Crippen LogP contribution in [0.3, 0.4) is 0 Å². The minimum Gasteiger partial charge on any atom is -0.363 e. The van der Waals surface area contributed by atoms with E-state index in [2.05, 4.69) is 5.32 Å². The number of rotatable bonds is 1. The van der Waals surface area contributed by atoms with Crippen molar-refractivity contribution in [2.24, 2.45) is 5.92 Å². The SMILES string of the molecule is CC(C)[C@@H]1CNC[C@@H](C(F)(F)F)O1. The van der Waals surface area contributed by atoms with E-state index in [1.54, 1.807) is 0 Å². The molecule has 0 aromatic carbocycles. The molecule has 0 bridgehead atoms. The summed E-state index contributed by atoms with van der Waals surface area (Å²) in [5, 5.41) is 2.73. The van der Waals surface area contributed by atoms with E-state index in [9.17, 15) is 13.2 Å². The van der Waals surface area contributed by atoms with E-state index in [0.29, 0.717) is 6.54 Å². The van der Waals surface area contributed by atoms with Crippen molar-refractivity contribution < 1.29 is 17.9 Å². The number of ether oxygens (including phenoxy) is 1. The number of nitrogens with one attached hydrogen (secondary N) is 1. The third-order valence-electron chi connectivity index (χ3n) is 2.12. The van der Waals surface area contributed by atoms with E-state index in [-0.39, 0.29) is 18.6 Å².